The van der Waals surface area contributed by atoms with Crippen molar-refractivity contribution < 1.29 is 4.74 Å². The van der Waals surface area contributed by atoms with E-state index in [0.717, 1.165) is 12.8 Å². The molecular weight excluding hydrogens is 178 g/mol. The largest absolute Gasteiger partial charge is 0.388 e. The lowest BCUT2D eigenvalue weighted by molar-refractivity contribution is 0.247. The quantitative estimate of drug-likeness (QED) is 0.640. The fraction of sp³-hybridized carbons (Fsp3) is 1.00. The summed E-state index contributed by atoms with van der Waals surface area (Å²) < 4.78 is 5.22. The van der Waals surface area contributed by atoms with Crippen molar-refractivity contribution in [3.8, 4) is 0 Å². The second-order valence-electron chi connectivity index (χ2n) is 4.64. The highest BCUT2D eigenvalue weighted by Gasteiger charge is 2.18. The molecule has 0 aliphatic heterocycles. The molecule has 3 heteroatoms. The highest BCUT2D eigenvalue weighted by atomic mass is 28.3. The van der Waals surface area contributed by atoms with E-state index in [9.17, 15) is 0 Å². The maximum absolute atomic E-state index is 5.69. The van der Waals surface area contributed by atoms with Crippen molar-refractivity contribution in [1.82, 2.24) is 0 Å². The van der Waals surface area contributed by atoms with Crippen molar-refractivity contribution in [2.75, 3.05) is 19.9 Å². The predicted octanol–water partition coefficient (Wildman–Crippen LogP) is 1.79. The zero-order chi connectivity index (χ0) is 10.3. The van der Waals surface area contributed by atoms with E-state index < -0.39 is 8.80 Å². The van der Waals surface area contributed by atoms with Gasteiger partial charge in [-0.15, -0.1) is 0 Å². The monoisotopic (exact) mass is 203 g/mol. The van der Waals surface area contributed by atoms with Gasteiger partial charge in [-0.2, -0.15) is 0 Å². The summed E-state index contributed by atoms with van der Waals surface area (Å²) in [4.78, 5) is 0. The van der Waals surface area contributed by atoms with Crippen LogP contribution in [0.25, 0.3) is 0 Å². The fourth-order valence-electron chi connectivity index (χ4n) is 1.34. The Labute approximate surface area is 84.5 Å². The lowest BCUT2D eigenvalue weighted by Gasteiger charge is -2.24. The summed E-state index contributed by atoms with van der Waals surface area (Å²) in [6.07, 6.45) is 2.29. The first kappa shape index (κ1) is 13.1. The Morgan fingerprint density at radius 1 is 1.38 bits per heavy atom. The van der Waals surface area contributed by atoms with Gasteiger partial charge in [0.05, 0.1) is 8.80 Å². The molecule has 0 aromatic rings. The topological polar surface area (TPSA) is 35.2 Å². The maximum atomic E-state index is 5.69. The predicted molar refractivity (Wildman–Crippen MR) is 61.8 cm³/mol. The fourth-order valence-corrected chi connectivity index (χ4v) is 3.81. The van der Waals surface area contributed by atoms with Crippen LogP contribution in [-0.4, -0.2) is 28.7 Å². The molecule has 0 saturated carbocycles. The van der Waals surface area contributed by atoms with Gasteiger partial charge in [0, 0.05) is 13.3 Å². The van der Waals surface area contributed by atoms with Gasteiger partial charge in [-0.05, 0) is 18.4 Å². The van der Waals surface area contributed by atoms with Gasteiger partial charge in [-0.1, -0.05) is 32.9 Å². The number of ether oxygens (including phenoxy) is 1. The molecule has 0 aromatic heterocycles. The van der Waals surface area contributed by atoms with Crippen LogP contribution in [0, 0.1) is 5.41 Å². The van der Waals surface area contributed by atoms with E-state index in [1.165, 1.54) is 18.5 Å². The Morgan fingerprint density at radius 2 is 2.00 bits per heavy atom. The van der Waals surface area contributed by atoms with Crippen molar-refractivity contribution >= 4 is 8.80 Å². The van der Waals surface area contributed by atoms with Crippen LogP contribution in [0.3, 0.4) is 0 Å². The molecule has 0 amide bonds. The first-order valence-corrected chi connectivity index (χ1v) is 7.69. The SMILES string of the molecule is CC[SiH](CCC(C)(C)CN)COC. The number of hydrogen-bond donors (Lipinski definition) is 1. The molecule has 0 aromatic carbocycles. The average Bonchev–Trinajstić information content (AvgIpc) is 2.12. The molecule has 0 aliphatic carbocycles. The summed E-state index contributed by atoms with van der Waals surface area (Å²) in [5.41, 5.74) is 6.02. The summed E-state index contributed by atoms with van der Waals surface area (Å²) >= 11 is 0. The van der Waals surface area contributed by atoms with E-state index in [1.54, 1.807) is 0 Å². The van der Waals surface area contributed by atoms with E-state index in [1.807, 2.05) is 7.11 Å². The zero-order valence-corrected chi connectivity index (χ0v) is 10.8. The standard InChI is InChI=1S/C10H25NOSi/c1-5-13(9-12-4)7-6-10(2,3)8-11/h13H,5-9,11H2,1-4H3. The highest BCUT2D eigenvalue weighted by Crippen LogP contribution is 2.22. The van der Waals surface area contributed by atoms with Gasteiger partial charge in [0.15, 0.2) is 0 Å². The minimum Gasteiger partial charge on any atom is -0.388 e. The van der Waals surface area contributed by atoms with Crippen molar-refractivity contribution in [3.63, 3.8) is 0 Å². The normalized spacial score (nSPS) is 14.5. The molecular formula is C10H25NOSi. The van der Waals surface area contributed by atoms with E-state index in [2.05, 4.69) is 20.8 Å². The first-order valence-electron chi connectivity index (χ1n) is 5.24. The van der Waals surface area contributed by atoms with Gasteiger partial charge < -0.3 is 10.5 Å². The van der Waals surface area contributed by atoms with Crippen molar-refractivity contribution in [3.05, 3.63) is 0 Å². The lowest BCUT2D eigenvalue weighted by Crippen LogP contribution is -2.27. The summed E-state index contributed by atoms with van der Waals surface area (Å²) in [5.74, 6) is 0. The number of nitrogens with two attached hydrogens (primary N) is 1. The minimum absolute atomic E-state index is 0.328. The van der Waals surface area contributed by atoms with Crippen LogP contribution >= 0.6 is 0 Å². The molecule has 2 N–H and O–H groups in total. The Bertz CT molecular complexity index is 128. The molecule has 0 heterocycles. The third-order valence-electron chi connectivity index (χ3n) is 2.76. The third kappa shape index (κ3) is 6.24. The highest BCUT2D eigenvalue weighted by molar-refractivity contribution is 6.58. The number of hydrogen-bond acceptors (Lipinski definition) is 2. The summed E-state index contributed by atoms with van der Waals surface area (Å²) in [5, 5.41) is 0. The van der Waals surface area contributed by atoms with Crippen LogP contribution in [0.15, 0.2) is 0 Å². The molecule has 13 heavy (non-hydrogen) atoms. The second-order valence-corrected chi connectivity index (χ2v) is 8.10. The van der Waals surface area contributed by atoms with Gasteiger partial charge >= 0.3 is 0 Å². The Kier molecular flexibility index (Phi) is 6.64. The molecule has 1 unspecified atom stereocenters. The minimum atomic E-state index is -0.604. The summed E-state index contributed by atoms with van der Waals surface area (Å²) in [6, 6.07) is 2.71. The Hall–Kier alpha value is 0.137. The molecule has 0 fully saturated rings. The van der Waals surface area contributed by atoms with Gasteiger partial charge in [0.25, 0.3) is 0 Å². The van der Waals surface area contributed by atoms with Crippen molar-refractivity contribution in [1.29, 1.82) is 0 Å². The molecule has 0 radical (unpaired) electrons. The van der Waals surface area contributed by atoms with Crippen LogP contribution < -0.4 is 5.73 Å². The molecule has 0 saturated heterocycles. The summed E-state index contributed by atoms with van der Waals surface area (Å²) in [7, 11) is 1.20. The number of methoxy groups -OCH3 is 1. The molecule has 0 aliphatic rings. The van der Waals surface area contributed by atoms with Crippen LogP contribution in [0.4, 0.5) is 0 Å². The zero-order valence-electron chi connectivity index (χ0n) is 9.60. The van der Waals surface area contributed by atoms with Crippen LogP contribution in [0.2, 0.25) is 12.1 Å². The molecule has 80 valence electrons. The first-order chi connectivity index (χ1) is 6.05. The van der Waals surface area contributed by atoms with E-state index >= 15 is 0 Å². The lowest BCUT2D eigenvalue weighted by atomic mass is 9.91. The number of rotatable bonds is 7. The molecule has 0 spiro atoms. The van der Waals surface area contributed by atoms with Crippen LogP contribution in [0.5, 0.6) is 0 Å². The van der Waals surface area contributed by atoms with Gasteiger partial charge in [-0.25, -0.2) is 0 Å². The van der Waals surface area contributed by atoms with Gasteiger partial charge in [0.2, 0.25) is 0 Å². The molecule has 0 rings (SSSR count). The maximum Gasteiger partial charge on any atom is 0.0675 e. The van der Waals surface area contributed by atoms with E-state index in [0.29, 0.717) is 5.41 Å². The van der Waals surface area contributed by atoms with Crippen LogP contribution in [0.1, 0.15) is 27.2 Å². The van der Waals surface area contributed by atoms with E-state index in [4.69, 9.17) is 10.5 Å². The average molecular weight is 203 g/mol. The van der Waals surface area contributed by atoms with Crippen molar-refractivity contribution in [2.24, 2.45) is 11.1 Å². The van der Waals surface area contributed by atoms with E-state index in [-0.39, 0.29) is 0 Å². The van der Waals surface area contributed by atoms with Gasteiger partial charge in [0.1, 0.15) is 0 Å². The summed E-state index contributed by atoms with van der Waals surface area (Å²) in [6.45, 7) is 7.58. The van der Waals surface area contributed by atoms with Crippen LogP contribution in [-0.2, 0) is 4.74 Å². The Balaban J connectivity index is 3.70. The van der Waals surface area contributed by atoms with Gasteiger partial charge in [-0.3, -0.25) is 0 Å². The van der Waals surface area contributed by atoms with Crippen molar-refractivity contribution in [2.45, 2.75) is 39.3 Å². The molecule has 1 atom stereocenters. The molecule has 0 bridgehead atoms. The third-order valence-corrected chi connectivity index (χ3v) is 5.83. The Morgan fingerprint density at radius 3 is 2.38 bits per heavy atom. The molecule has 2 nitrogen and oxygen atoms in total. The smallest absolute Gasteiger partial charge is 0.0675 e. The second kappa shape index (κ2) is 6.57.